The van der Waals surface area contributed by atoms with Crippen molar-refractivity contribution in [2.75, 3.05) is 39.8 Å². The van der Waals surface area contributed by atoms with Gasteiger partial charge in [0.1, 0.15) is 0 Å². The predicted octanol–water partition coefficient (Wildman–Crippen LogP) is 0.965. The van der Waals surface area contributed by atoms with Crippen LogP contribution < -0.4 is 5.73 Å². The maximum atomic E-state index is 11.0. The highest BCUT2D eigenvalue weighted by Crippen LogP contribution is 2.08. The number of carbonyl (C=O) groups excluding carboxylic acids is 1. The predicted molar refractivity (Wildman–Crippen MR) is 77.2 cm³/mol. The van der Waals surface area contributed by atoms with Gasteiger partial charge in [-0.2, -0.15) is 0 Å². The molecule has 104 valence electrons. The molecule has 0 aromatic heterocycles. The van der Waals surface area contributed by atoms with Crippen LogP contribution in [0.5, 0.6) is 0 Å². The number of carbonyl (C=O) groups is 1. The molecule has 0 aliphatic carbocycles. The average molecular weight is 261 g/mol. The molecule has 1 heterocycles. The molecular formula is C15H23N3O. The topological polar surface area (TPSA) is 49.6 Å². The molecule has 2 rings (SSSR count). The van der Waals surface area contributed by atoms with Crippen molar-refractivity contribution in [3.63, 3.8) is 0 Å². The van der Waals surface area contributed by atoms with E-state index >= 15 is 0 Å². The molecule has 2 N–H and O–H groups in total. The lowest BCUT2D eigenvalue weighted by molar-refractivity contribution is 0.100. The van der Waals surface area contributed by atoms with Crippen LogP contribution in [-0.2, 0) is 6.42 Å². The second-order valence-electron chi connectivity index (χ2n) is 5.31. The third kappa shape index (κ3) is 4.33. The molecule has 0 saturated carbocycles. The Balaban J connectivity index is 1.72. The Morgan fingerprint density at radius 2 is 1.79 bits per heavy atom. The van der Waals surface area contributed by atoms with Gasteiger partial charge in [-0.05, 0) is 44.1 Å². The number of rotatable bonds is 5. The van der Waals surface area contributed by atoms with E-state index in [1.165, 1.54) is 38.2 Å². The van der Waals surface area contributed by atoms with E-state index < -0.39 is 0 Å². The number of likely N-dealkylation sites (N-methyl/N-ethyl adjacent to an activating group) is 1. The lowest BCUT2D eigenvalue weighted by atomic mass is 10.1. The van der Waals surface area contributed by atoms with Crippen LogP contribution in [0.2, 0.25) is 0 Å². The molecule has 1 aromatic carbocycles. The summed E-state index contributed by atoms with van der Waals surface area (Å²) in [5.74, 6) is -0.357. The largest absolute Gasteiger partial charge is 0.366 e. The van der Waals surface area contributed by atoms with Crippen LogP contribution in [0.4, 0.5) is 0 Å². The lowest BCUT2D eigenvalue weighted by Gasteiger charge is -2.32. The first-order chi connectivity index (χ1) is 9.15. The maximum Gasteiger partial charge on any atom is 0.248 e. The quantitative estimate of drug-likeness (QED) is 0.859. The molecular weight excluding hydrogens is 238 g/mol. The number of nitrogens with zero attached hydrogens (tertiary/aromatic N) is 2. The van der Waals surface area contributed by atoms with Crippen molar-refractivity contribution in [1.82, 2.24) is 9.80 Å². The van der Waals surface area contributed by atoms with Crippen molar-refractivity contribution in [3.05, 3.63) is 35.4 Å². The Labute approximate surface area is 115 Å². The minimum absolute atomic E-state index is 0.357. The van der Waals surface area contributed by atoms with Gasteiger partial charge in [0.25, 0.3) is 0 Å². The fourth-order valence-corrected chi connectivity index (χ4v) is 2.41. The first-order valence-electron chi connectivity index (χ1n) is 6.95. The zero-order valence-corrected chi connectivity index (χ0v) is 11.6. The van der Waals surface area contributed by atoms with Crippen molar-refractivity contribution in [1.29, 1.82) is 0 Å². The molecule has 1 amide bonds. The van der Waals surface area contributed by atoms with Gasteiger partial charge in [0.15, 0.2) is 0 Å². The fraction of sp³-hybridized carbons (Fsp3) is 0.533. The summed E-state index contributed by atoms with van der Waals surface area (Å²) in [5, 5.41) is 0. The molecule has 1 aliphatic rings. The van der Waals surface area contributed by atoms with Gasteiger partial charge in [-0.1, -0.05) is 12.1 Å². The number of benzene rings is 1. The van der Waals surface area contributed by atoms with E-state index in [2.05, 4.69) is 16.8 Å². The number of amides is 1. The van der Waals surface area contributed by atoms with Crippen LogP contribution in [-0.4, -0.2) is 55.5 Å². The molecule has 1 aromatic rings. The highest BCUT2D eigenvalue weighted by molar-refractivity contribution is 5.92. The summed E-state index contributed by atoms with van der Waals surface area (Å²) in [6.07, 6.45) is 2.23. The van der Waals surface area contributed by atoms with Gasteiger partial charge in [-0.15, -0.1) is 0 Å². The molecule has 19 heavy (non-hydrogen) atoms. The smallest absolute Gasteiger partial charge is 0.248 e. The SMILES string of the molecule is CN1CCN(CCCc2ccc(C(N)=O)cc2)CC1. The summed E-state index contributed by atoms with van der Waals surface area (Å²) >= 11 is 0. The molecule has 0 unspecified atom stereocenters. The van der Waals surface area contributed by atoms with Crippen molar-refractivity contribution in [2.24, 2.45) is 5.73 Å². The minimum Gasteiger partial charge on any atom is -0.366 e. The number of hydrogen-bond acceptors (Lipinski definition) is 3. The van der Waals surface area contributed by atoms with E-state index in [4.69, 9.17) is 5.73 Å². The molecule has 0 radical (unpaired) electrons. The first kappa shape index (κ1) is 14.0. The zero-order chi connectivity index (χ0) is 13.7. The summed E-state index contributed by atoms with van der Waals surface area (Å²) in [7, 11) is 2.18. The Hall–Kier alpha value is -1.39. The highest BCUT2D eigenvalue weighted by atomic mass is 16.1. The number of aryl methyl sites for hydroxylation is 1. The maximum absolute atomic E-state index is 11.0. The normalized spacial score (nSPS) is 17.5. The second-order valence-corrected chi connectivity index (χ2v) is 5.31. The molecule has 1 fully saturated rings. The summed E-state index contributed by atoms with van der Waals surface area (Å²) in [6.45, 7) is 5.86. The highest BCUT2D eigenvalue weighted by Gasteiger charge is 2.12. The molecule has 0 bridgehead atoms. The van der Waals surface area contributed by atoms with Crippen LogP contribution in [0.1, 0.15) is 22.3 Å². The van der Waals surface area contributed by atoms with Crippen molar-refractivity contribution < 1.29 is 4.79 Å². The van der Waals surface area contributed by atoms with Crippen molar-refractivity contribution in [3.8, 4) is 0 Å². The van der Waals surface area contributed by atoms with E-state index in [9.17, 15) is 4.79 Å². The first-order valence-corrected chi connectivity index (χ1v) is 6.95. The molecule has 0 atom stereocenters. The molecule has 1 aliphatic heterocycles. The summed E-state index contributed by atoms with van der Waals surface area (Å²) in [5.41, 5.74) is 7.09. The van der Waals surface area contributed by atoms with Gasteiger partial charge < -0.3 is 15.5 Å². The number of hydrogen-bond donors (Lipinski definition) is 1. The monoisotopic (exact) mass is 261 g/mol. The van der Waals surface area contributed by atoms with Gasteiger partial charge in [-0.25, -0.2) is 0 Å². The lowest BCUT2D eigenvalue weighted by Crippen LogP contribution is -2.44. The van der Waals surface area contributed by atoms with E-state index in [-0.39, 0.29) is 5.91 Å². The van der Waals surface area contributed by atoms with Crippen LogP contribution >= 0.6 is 0 Å². The third-order valence-electron chi connectivity index (χ3n) is 3.77. The summed E-state index contributed by atoms with van der Waals surface area (Å²) in [6, 6.07) is 7.63. The third-order valence-corrected chi connectivity index (χ3v) is 3.77. The number of nitrogens with two attached hydrogens (primary N) is 1. The van der Waals surface area contributed by atoms with Crippen LogP contribution in [0, 0.1) is 0 Å². The average Bonchev–Trinajstić information content (AvgIpc) is 2.41. The van der Waals surface area contributed by atoms with Gasteiger partial charge in [0.05, 0.1) is 0 Å². The molecule has 0 spiro atoms. The molecule has 1 saturated heterocycles. The van der Waals surface area contributed by atoms with E-state index in [1.807, 2.05) is 24.3 Å². The van der Waals surface area contributed by atoms with Crippen LogP contribution in [0.3, 0.4) is 0 Å². The standard InChI is InChI=1S/C15H23N3O/c1-17-9-11-18(12-10-17)8-2-3-13-4-6-14(7-5-13)15(16)19/h4-7H,2-3,8-12H2,1H3,(H2,16,19). The Kier molecular flexibility index (Phi) is 4.93. The van der Waals surface area contributed by atoms with Crippen LogP contribution in [0.25, 0.3) is 0 Å². The fourth-order valence-electron chi connectivity index (χ4n) is 2.41. The minimum atomic E-state index is -0.357. The van der Waals surface area contributed by atoms with E-state index in [1.54, 1.807) is 0 Å². The second kappa shape index (κ2) is 6.68. The van der Waals surface area contributed by atoms with Gasteiger partial charge >= 0.3 is 0 Å². The van der Waals surface area contributed by atoms with E-state index in [0.29, 0.717) is 5.56 Å². The Bertz CT molecular complexity index is 408. The van der Waals surface area contributed by atoms with Crippen molar-refractivity contribution >= 4 is 5.91 Å². The van der Waals surface area contributed by atoms with Gasteiger partial charge in [0, 0.05) is 31.7 Å². The Morgan fingerprint density at radius 3 is 2.37 bits per heavy atom. The number of piperazine rings is 1. The summed E-state index contributed by atoms with van der Waals surface area (Å²) in [4.78, 5) is 15.9. The van der Waals surface area contributed by atoms with Crippen LogP contribution in [0.15, 0.2) is 24.3 Å². The van der Waals surface area contributed by atoms with Crippen molar-refractivity contribution in [2.45, 2.75) is 12.8 Å². The summed E-state index contributed by atoms with van der Waals surface area (Å²) < 4.78 is 0. The Morgan fingerprint density at radius 1 is 1.16 bits per heavy atom. The van der Waals surface area contributed by atoms with Gasteiger partial charge in [0.2, 0.25) is 5.91 Å². The van der Waals surface area contributed by atoms with E-state index in [0.717, 1.165) is 13.0 Å². The number of primary amides is 1. The zero-order valence-electron chi connectivity index (χ0n) is 11.6. The molecule has 4 nitrogen and oxygen atoms in total. The molecule has 4 heteroatoms. The van der Waals surface area contributed by atoms with Gasteiger partial charge in [-0.3, -0.25) is 4.79 Å².